The second-order valence-corrected chi connectivity index (χ2v) is 4.95. The Balaban J connectivity index is 2.18. The maximum absolute atomic E-state index is 12.3. The van der Waals surface area contributed by atoms with Crippen LogP contribution in [0.15, 0.2) is 30.6 Å². The number of nitro benzene ring substituents is 1. The van der Waals surface area contributed by atoms with Gasteiger partial charge in [0.2, 0.25) is 5.91 Å². The summed E-state index contributed by atoms with van der Waals surface area (Å²) in [7, 11) is 0. The Morgan fingerprint density at radius 2 is 2.32 bits per heavy atom. The van der Waals surface area contributed by atoms with Crippen LogP contribution in [-0.2, 0) is 4.79 Å². The van der Waals surface area contributed by atoms with Gasteiger partial charge in [0.05, 0.1) is 27.9 Å². The summed E-state index contributed by atoms with van der Waals surface area (Å²) in [6.07, 6.45) is 3.39. The fourth-order valence-corrected chi connectivity index (χ4v) is 2.08. The molecule has 0 radical (unpaired) electrons. The van der Waals surface area contributed by atoms with Gasteiger partial charge in [-0.1, -0.05) is 18.5 Å². The van der Waals surface area contributed by atoms with Crippen LogP contribution in [0.5, 0.6) is 5.75 Å². The lowest BCUT2D eigenvalue weighted by Gasteiger charge is -2.16. The molecule has 9 heteroatoms. The molecule has 2 aromatic rings. The smallest absolute Gasteiger partial charge is 0.273 e. The number of carbonyl (C=O) groups is 1. The summed E-state index contributed by atoms with van der Waals surface area (Å²) in [4.78, 5) is 22.2. The molecule has 0 bridgehead atoms. The topological polar surface area (TPSA) is 110 Å². The van der Waals surface area contributed by atoms with Gasteiger partial charge < -0.3 is 10.4 Å². The van der Waals surface area contributed by atoms with Gasteiger partial charge in [0.15, 0.2) is 0 Å². The van der Waals surface area contributed by atoms with E-state index in [1.165, 1.54) is 29.2 Å². The van der Waals surface area contributed by atoms with Gasteiger partial charge in [0, 0.05) is 12.3 Å². The van der Waals surface area contributed by atoms with Crippen LogP contribution < -0.4 is 5.32 Å². The Labute approximate surface area is 130 Å². The zero-order valence-corrected chi connectivity index (χ0v) is 12.3. The normalized spacial score (nSPS) is 11.9. The van der Waals surface area contributed by atoms with E-state index in [2.05, 4.69) is 10.4 Å². The fraction of sp³-hybridized carbons (Fsp3) is 0.231. The molecule has 1 heterocycles. The Morgan fingerprint density at radius 3 is 2.82 bits per heavy atom. The standard InChI is InChI=1S/C13H13ClN4O4/c1-2-11(17-7-8(14)6-15-17)13(20)16-10-4-3-9(18(21)22)5-12(10)19/h3-7,11,19H,2H2,1H3,(H,16,20). The number of benzene rings is 1. The molecular weight excluding hydrogens is 312 g/mol. The third kappa shape index (κ3) is 3.34. The first-order valence-electron chi connectivity index (χ1n) is 6.40. The lowest BCUT2D eigenvalue weighted by Crippen LogP contribution is -2.25. The zero-order chi connectivity index (χ0) is 16.3. The van der Waals surface area contributed by atoms with Gasteiger partial charge in [-0.15, -0.1) is 0 Å². The minimum atomic E-state index is -0.633. The van der Waals surface area contributed by atoms with Crippen molar-refractivity contribution in [1.29, 1.82) is 0 Å². The van der Waals surface area contributed by atoms with Crippen LogP contribution >= 0.6 is 11.6 Å². The molecular formula is C13H13ClN4O4. The molecule has 1 unspecified atom stereocenters. The number of rotatable bonds is 5. The van der Waals surface area contributed by atoms with Gasteiger partial charge in [-0.25, -0.2) is 0 Å². The third-order valence-corrected chi connectivity index (χ3v) is 3.22. The number of nitrogens with one attached hydrogen (secondary N) is 1. The van der Waals surface area contributed by atoms with E-state index in [4.69, 9.17) is 11.6 Å². The van der Waals surface area contributed by atoms with E-state index >= 15 is 0 Å². The van der Waals surface area contributed by atoms with Crippen LogP contribution in [0.2, 0.25) is 5.02 Å². The Kier molecular flexibility index (Phi) is 4.62. The first-order valence-corrected chi connectivity index (χ1v) is 6.78. The van der Waals surface area contributed by atoms with Crippen molar-refractivity contribution in [1.82, 2.24) is 9.78 Å². The van der Waals surface area contributed by atoms with Gasteiger partial charge in [-0.05, 0) is 12.5 Å². The average molecular weight is 325 g/mol. The number of hydrogen-bond donors (Lipinski definition) is 2. The number of phenolic OH excluding ortho intramolecular Hbond substituents is 1. The predicted octanol–water partition coefficient (Wildman–Crippen LogP) is 2.74. The van der Waals surface area contributed by atoms with Crippen LogP contribution in [0.4, 0.5) is 11.4 Å². The van der Waals surface area contributed by atoms with E-state index < -0.39 is 16.9 Å². The molecule has 1 atom stereocenters. The fourth-order valence-electron chi connectivity index (χ4n) is 1.93. The molecule has 1 aromatic heterocycles. The second kappa shape index (κ2) is 6.44. The first kappa shape index (κ1) is 15.8. The Bertz CT molecular complexity index is 716. The van der Waals surface area contributed by atoms with Gasteiger partial charge in [0.25, 0.3) is 5.69 Å². The van der Waals surface area contributed by atoms with E-state index in [9.17, 15) is 20.0 Å². The number of halogens is 1. The number of amides is 1. The molecule has 2 N–H and O–H groups in total. The van der Waals surface area contributed by atoms with Crippen molar-refractivity contribution in [3.8, 4) is 5.75 Å². The minimum absolute atomic E-state index is 0.0901. The van der Waals surface area contributed by atoms with Crippen LogP contribution in [0, 0.1) is 10.1 Å². The number of non-ortho nitro benzene ring substituents is 1. The molecule has 0 saturated carbocycles. The second-order valence-electron chi connectivity index (χ2n) is 4.51. The van der Waals surface area contributed by atoms with Gasteiger partial charge in [-0.2, -0.15) is 5.10 Å². The highest BCUT2D eigenvalue weighted by molar-refractivity contribution is 6.30. The summed E-state index contributed by atoms with van der Waals surface area (Å²) in [6, 6.07) is 2.83. The zero-order valence-electron chi connectivity index (χ0n) is 11.6. The van der Waals surface area contributed by atoms with Crippen LogP contribution in [0.3, 0.4) is 0 Å². The monoisotopic (exact) mass is 324 g/mol. The van der Waals surface area contributed by atoms with Crippen molar-refractivity contribution in [2.24, 2.45) is 0 Å². The highest BCUT2D eigenvalue weighted by atomic mass is 35.5. The van der Waals surface area contributed by atoms with Gasteiger partial charge in [-0.3, -0.25) is 19.6 Å². The van der Waals surface area contributed by atoms with Crippen molar-refractivity contribution in [2.45, 2.75) is 19.4 Å². The van der Waals surface area contributed by atoms with Gasteiger partial charge in [0.1, 0.15) is 11.8 Å². The van der Waals surface area contributed by atoms with Crippen molar-refractivity contribution in [2.75, 3.05) is 5.32 Å². The molecule has 0 aliphatic rings. The Morgan fingerprint density at radius 1 is 1.59 bits per heavy atom. The summed E-state index contributed by atoms with van der Waals surface area (Å²) in [5.74, 6) is -0.790. The first-order chi connectivity index (χ1) is 10.4. The largest absolute Gasteiger partial charge is 0.506 e. The van der Waals surface area contributed by atoms with Crippen LogP contribution in [0.1, 0.15) is 19.4 Å². The SMILES string of the molecule is CCC(C(=O)Nc1ccc([N+](=O)[O-])cc1O)n1cc(Cl)cn1. The van der Waals surface area contributed by atoms with E-state index in [0.29, 0.717) is 11.4 Å². The van der Waals surface area contributed by atoms with Gasteiger partial charge >= 0.3 is 0 Å². The molecule has 0 spiro atoms. The molecule has 1 aromatic carbocycles. The molecule has 0 aliphatic carbocycles. The number of carbonyl (C=O) groups excluding carboxylic acids is 1. The average Bonchev–Trinajstić information content (AvgIpc) is 2.88. The van der Waals surface area contributed by atoms with Crippen molar-refractivity contribution in [3.63, 3.8) is 0 Å². The van der Waals surface area contributed by atoms with Crippen molar-refractivity contribution < 1.29 is 14.8 Å². The van der Waals surface area contributed by atoms with E-state index in [1.807, 2.05) is 0 Å². The predicted molar refractivity (Wildman–Crippen MR) is 80.0 cm³/mol. The van der Waals surface area contributed by atoms with Crippen molar-refractivity contribution in [3.05, 3.63) is 45.7 Å². The number of hydrogen-bond acceptors (Lipinski definition) is 5. The van der Waals surface area contributed by atoms with Crippen LogP contribution in [0.25, 0.3) is 0 Å². The van der Waals surface area contributed by atoms with E-state index in [0.717, 1.165) is 6.07 Å². The quantitative estimate of drug-likeness (QED) is 0.499. The molecule has 0 saturated heterocycles. The molecule has 116 valence electrons. The minimum Gasteiger partial charge on any atom is -0.506 e. The number of phenols is 1. The summed E-state index contributed by atoms with van der Waals surface area (Å²) in [5.41, 5.74) is -0.172. The highest BCUT2D eigenvalue weighted by Crippen LogP contribution is 2.28. The molecule has 2 rings (SSSR count). The molecule has 0 fully saturated rings. The number of aromatic nitrogens is 2. The summed E-state index contributed by atoms with van der Waals surface area (Å²) >= 11 is 5.78. The lowest BCUT2D eigenvalue weighted by molar-refractivity contribution is -0.384. The number of aromatic hydroxyl groups is 1. The van der Waals surface area contributed by atoms with Crippen LogP contribution in [-0.4, -0.2) is 25.7 Å². The van der Waals surface area contributed by atoms with Crippen molar-refractivity contribution >= 4 is 28.9 Å². The highest BCUT2D eigenvalue weighted by Gasteiger charge is 2.21. The molecule has 8 nitrogen and oxygen atoms in total. The summed E-state index contributed by atoms with van der Waals surface area (Å²) in [6.45, 7) is 1.80. The maximum Gasteiger partial charge on any atom is 0.273 e. The number of nitro groups is 1. The van der Waals surface area contributed by atoms with E-state index in [-0.39, 0.29) is 17.1 Å². The molecule has 22 heavy (non-hydrogen) atoms. The lowest BCUT2D eigenvalue weighted by atomic mass is 10.2. The molecule has 1 amide bonds. The molecule has 0 aliphatic heterocycles. The Hall–Kier alpha value is -2.61. The summed E-state index contributed by atoms with van der Waals surface area (Å²) in [5, 5.41) is 27.3. The number of anilines is 1. The number of nitrogens with zero attached hydrogens (tertiary/aromatic N) is 3. The van der Waals surface area contributed by atoms with E-state index in [1.54, 1.807) is 6.92 Å². The third-order valence-electron chi connectivity index (χ3n) is 3.03. The maximum atomic E-state index is 12.3. The summed E-state index contributed by atoms with van der Waals surface area (Å²) < 4.78 is 1.42.